The van der Waals surface area contributed by atoms with Gasteiger partial charge in [-0.2, -0.15) is 0 Å². The van der Waals surface area contributed by atoms with Crippen LogP contribution in [-0.4, -0.2) is 36.0 Å². The van der Waals surface area contributed by atoms with Crippen molar-refractivity contribution in [1.82, 2.24) is 4.90 Å². The van der Waals surface area contributed by atoms with Gasteiger partial charge in [-0.25, -0.2) is 4.39 Å². The number of amides is 1. The molecular weight excluding hydrogens is 248 g/mol. The van der Waals surface area contributed by atoms with Crippen LogP contribution < -0.4 is 34.7 Å². The summed E-state index contributed by atoms with van der Waals surface area (Å²) in [6.07, 6.45) is 1.47. The summed E-state index contributed by atoms with van der Waals surface area (Å²) in [6, 6.07) is 0. The van der Waals surface area contributed by atoms with E-state index in [2.05, 4.69) is 0 Å². The molecule has 0 N–H and O–H groups in total. The first-order valence-electron chi connectivity index (χ1n) is 6.12. The van der Waals surface area contributed by atoms with E-state index in [1.165, 1.54) is 4.90 Å². The van der Waals surface area contributed by atoms with E-state index in [0.717, 1.165) is 12.8 Å². The third-order valence-corrected chi connectivity index (χ3v) is 2.60. The van der Waals surface area contributed by atoms with Gasteiger partial charge < -0.3 is 14.8 Å². The first-order chi connectivity index (χ1) is 8.01. The van der Waals surface area contributed by atoms with Gasteiger partial charge >= 0.3 is 29.6 Å². The number of nitrogens with zero attached hydrogens (tertiary/aromatic N) is 1. The topological polar surface area (TPSA) is 60.4 Å². The standard InChI is InChI=1S/C12H22FNO3.Na/c1-3-5-6-10(13)7-8-11(15)14(4-2)9-12(16)17;/h10H,3-9H2,1-2H3,(H,16,17);/q;+1/p-1. The minimum Gasteiger partial charge on any atom is -0.548 e. The number of aliphatic carboxylic acids is 1. The molecular formula is C12H21FNNaO3. The minimum absolute atomic E-state index is 0. The molecule has 0 aliphatic rings. The Morgan fingerprint density at radius 2 is 1.89 bits per heavy atom. The molecule has 0 rings (SSSR count). The predicted octanol–water partition coefficient (Wildman–Crippen LogP) is -2.10. The molecule has 0 aliphatic carbocycles. The zero-order valence-corrected chi connectivity index (χ0v) is 13.6. The Balaban J connectivity index is 0. The number of carbonyl (C=O) groups is 2. The number of rotatable bonds is 9. The Morgan fingerprint density at radius 1 is 1.28 bits per heavy atom. The Morgan fingerprint density at radius 3 is 2.33 bits per heavy atom. The third kappa shape index (κ3) is 9.85. The molecule has 0 saturated heterocycles. The number of hydrogen-bond donors (Lipinski definition) is 0. The number of alkyl halides is 1. The molecule has 0 bridgehead atoms. The molecule has 4 nitrogen and oxygen atoms in total. The van der Waals surface area contributed by atoms with Gasteiger partial charge in [-0.1, -0.05) is 19.8 Å². The van der Waals surface area contributed by atoms with E-state index in [0.29, 0.717) is 13.0 Å². The first kappa shape index (κ1) is 20.2. The first-order valence-corrected chi connectivity index (χ1v) is 6.12. The van der Waals surface area contributed by atoms with Crippen LogP contribution in [0.25, 0.3) is 0 Å². The van der Waals surface area contributed by atoms with Gasteiger partial charge in [0.1, 0.15) is 6.17 Å². The van der Waals surface area contributed by atoms with Crippen molar-refractivity contribution in [3.05, 3.63) is 0 Å². The third-order valence-electron chi connectivity index (χ3n) is 2.60. The fourth-order valence-corrected chi connectivity index (χ4v) is 1.54. The van der Waals surface area contributed by atoms with Gasteiger partial charge in [-0.05, 0) is 19.8 Å². The Labute approximate surface area is 130 Å². The maximum Gasteiger partial charge on any atom is 1.00 e. The number of carboxylic acids is 1. The molecule has 6 heteroatoms. The van der Waals surface area contributed by atoms with E-state index in [4.69, 9.17) is 0 Å². The Bertz CT molecular complexity index is 251. The summed E-state index contributed by atoms with van der Waals surface area (Å²) in [5.41, 5.74) is 0. The van der Waals surface area contributed by atoms with Crippen LogP contribution in [0.5, 0.6) is 0 Å². The molecule has 0 heterocycles. The van der Waals surface area contributed by atoms with Crippen LogP contribution >= 0.6 is 0 Å². The van der Waals surface area contributed by atoms with Crippen LogP contribution in [0.4, 0.5) is 4.39 Å². The van der Waals surface area contributed by atoms with Gasteiger partial charge in [0, 0.05) is 13.0 Å². The predicted molar refractivity (Wildman–Crippen MR) is 60.9 cm³/mol. The molecule has 0 aromatic heterocycles. The van der Waals surface area contributed by atoms with Crippen molar-refractivity contribution in [1.29, 1.82) is 0 Å². The minimum atomic E-state index is -1.29. The maximum absolute atomic E-state index is 13.3. The second-order valence-electron chi connectivity index (χ2n) is 4.06. The summed E-state index contributed by atoms with van der Waals surface area (Å²) in [5, 5.41) is 10.4. The van der Waals surface area contributed by atoms with Crippen LogP contribution in [-0.2, 0) is 9.59 Å². The van der Waals surface area contributed by atoms with Gasteiger partial charge in [0.25, 0.3) is 0 Å². The molecule has 1 unspecified atom stereocenters. The number of unbranched alkanes of at least 4 members (excludes halogenated alkanes) is 1. The number of hydrogen-bond acceptors (Lipinski definition) is 3. The number of likely N-dealkylation sites (N-methyl/N-ethyl adjacent to an activating group) is 1. The number of halogens is 1. The van der Waals surface area contributed by atoms with Crippen molar-refractivity contribution < 1.29 is 48.6 Å². The van der Waals surface area contributed by atoms with Gasteiger partial charge in [0.2, 0.25) is 5.91 Å². The van der Waals surface area contributed by atoms with Crippen LogP contribution in [0.1, 0.15) is 46.0 Å². The summed E-state index contributed by atoms with van der Waals surface area (Å²) in [6.45, 7) is 3.56. The molecule has 0 radical (unpaired) electrons. The largest absolute Gasteiger partial charge is 1.00 e. The summed E-state index contributed by atoms with van der Waals surface area (Å²) in [4.78, 5) is 23.1. The summed E-state index contributed by atoms with van der Waals surface area (Å²) in [5.74, 6) is -1.61. The molecule has 0 saturated carbocycles. The average Bonchev–Trinajstić information content (AvgIpc) is 2.29. The zero-order chi connectivity index (χ0) is 13.3. The van der Waals surface area contributed by atoms with Crippen LogP contribution in [0.2, 0.25) is 0 Å². The van der Waals surface area contributed by atoms with Gasteiger partial charge in [-0.15, -0.1) is 0 Å². The van der Waals surface area contributed by atoms with Crippen LogP contribution in [0.3, 0.4) is 0 Å². The molecule has 0 spiro atoms. The van der Waals surface area contributed by atoms with E-state index in [1.54, 1.807) is 6.92 Å². The Hall–Kier alpha value is -0.130. The monoisotopic (exact) mass is 269 g/mol. The number of carboxylic acid groups (broad SMARTS) is 1. The maximum atomic E-state index is 13.3. The van der Waals surface area contributed by atoms with E-state index >= 15 is 0 Å². The molecule has 0 aromatic carbocycles. The van der Waals surface area contributed by atoms with Crippen LogP contribution in [0.15, 0.2) is 0 Å². The molecule has 1 atom stereocenters. The van der Waals surface area contributed by atoms with Crippen molar-refractivity contribution in [3.8, 4) is 0 Å². The van der Waals surface area contributed by atoms with Crippen molar-refractivity contribution in [2.75, 3.05) is 13.1 Å². The molecule has 0 fully saturated rings. The molecule has 1 amide bonds. The van der Waals surface area contributed by atoms with Gasteiger partial charge in [0.15, 0.2) is 0 Å². The average molecular weight is 269 g/mol. The molecule has 100 valence electrons. The smallest absolute Gasteiger partial charge is 0.548 e. The molecule has 0 aromatic rings. The van der Waals surface area contributed by atoms with Crippen molar-refractivity contribution in [3.63, 3.8) is 0 Å². The fourth-order valence-electron chi connectivity index (χ4n) is 1.54. The Kier molecular flexibility index (Phi) is 13.4. The second kappa shape index (κ2) is 11.9. The molecule has 18 heavy (non-hydrogen) atoms. The van der Waals surface area contributed by atoms with Crippen molar-refractivity contribution in [2.24, 2.45) is 0 Å². The van der Waals surface area contributed by atoms with Crippen molar-refractivity contribution in [2.45, 2.75) is 52.1 Å². The SMILES string of the molecule is CCCCC(F)CCC(=O)N(CC)CC(=O)[O-].[Na+]. The molecule has 0 aliphatic heterocycles. The van der Waals surface area contributed by atoms with Crippen molar-refractivity contribution >= 4 is 11.9 Å². The summed E-state index contributed by atoms with van der Waals surface area (Å²) >= 11 is 0. The normalized spacial score (nSPS) is 11.5. The second-order valence-corrected chi connectivity index (χ2v) is 4.06. The summed E-state index contributed by atoms with van der Waals surface area (Å²) < 4.78 is 13.3. The fraction of sp³-hybridized carbons (Fsp3) is 0.833. The zero-order valence-electron chi connectivity index (χ0n) is 11.6. The van der Waals surface area contributed by atoms with E-state index < -0.39 is 18.7 Å². The van der Waals surface area contributed by atoms with Crippen LogP contribution in [0, 0.1) is 0 Å². The van der Waals surface area contributed by atoms with E-state index in [9.17, 15) is 19.1 Å². The van der Waals surface area contributed by atoms with E-state index in [-0.39, 0.29) is 48.3 Å². The summed E-state index contributed by atoms with van der Waals surface area (Å²) in [7, 11) is 0. The van der Waals surface area contributed by atoms with Gasteiger partial charge in [0.05, 0.1) is 12.5 Å². The number of carbonyl (C=O) groups excluding carboxylic acids is 2. The van der Waals surface area contributed by atoms with E-state index in [1.807, 2.05) is 6.92 Å². The quantitative estimate of drug-likeness (QED) is 0.450. The van der Waals surface area contributed by atoms with Gasteiger partial charge in [-0.3, -0.25) is 4.79 Å².